The molecule has 51 heavy (non-hydrogen) atoms. The second-order valence-electron chi connectivity index (χ2n) is 12.6. The Balaban J connectivity index is 1.43. The van der Waals surface area contributed by atoms with Crippen molar-refractivity contribution >= 4 is 35.8 Å². The van der Waals surface area contributed by atoms with Crippen LogP contribution in [0.15, 0.2) is 126 Å². The Kier molecular flexibility index (Phi) is 12.5. The van der Waals surface area contributed by atoms with Gasteiger partial charge in [-0.15, -0.1) is 0 Å². The highest BCUT2D eigenvalue weighted by atomic mass is 32.2. The lowest BCUT2D eigenvalue weighted by atomic mass is 9.99. The van der Waals surface area contributed by atoms with Gasteiger partial charge in [0.05, 0.1) is 11.1 Å². The van der Waals surface area contributed by atoms with Crippen LogP contribution in [0.4, 0.5) is 4.79 Å². The van der Waals surface area contributed by atoms with Crippen LogP contribution >= 0.6 is 11.8 Å². The average molecular weight is 714 g/mol. The number of carbonyl (C=O) groups is 4. The number of amides is 1. The molecule has 11 nitrogen and oxygen atoms in total. The first-order chi connectivity index (χ1) is 24.5. The van der Waals surface area contributed by atoms with Crippen molar-refractivity contribution in [3.63, 3.8) is 0 Å². The summed E-state index contributed by atoms with van der Waals surface area (Å²) in [4.78, 5) is 53.8. The van der Waals surface area contributed by atoms with Crippen molar-refractivity contribution in [1.82, 2.24) is 5.32 Å². The number of aliphatic hydroxyl groups is 1. The molecule has 12 heteroatoms. The van der Waals surface area contributed by atoms with Crippen LogP contribution < -0.4 is 5.32 Å². The predicted molar refractivity (Wildman–Crippen MR) is 188 cm³/mol. The predicted octanol–water partition coefficient (Wildman–Crippen LogP) is 6.12. The average Bonchev–Trinajstić information content (AvgIpc) is 3.13. The molecule has 1 aliphatic heterocycles. The number of carbonyl (C=O) groups excluding carboxylic acids is 4. The summed E-state index contributed by atoms with van der Waals surface area (Å²) in [6.45, 7) is 4.57. The van der Waals surface area contributed by atoms with Crippen LogP contribution in [0, 0.1) is 0 Å². The highest BCUT2D eigenvalue weighted by molar-refractivity contribution is 7.99. The molecule has 1 saturated heterocycles. The quantitative estimate of drug-likeness (QED) is 0.137. The third-order valence-electron chi connectivity index (χ3n) is 7.54. The molecule has 1 amide bonds. The molecule has 266 valence electrons. The minimum atomic E-state index is -1.62. The van der Waals surface area contributed by atoms with Gasteiger partial charge in [-0.1, -0.05) is 96.7 Å². The van der Waals surface area contributed by atoms with Crippen LogP contribution in [0.3, 0.4) is 0 Å². The van der Waals surface area contributed by atoms with Crippen molar-refractivity contribution in [2.75, 3.05) is 6.61 Å². The van der Waals surface area contributed by atoms with Gasteiger partial charge in [0.25, 0.3) is 0 Å². The smallest absolute Gasteiger partial charge is 0.408 e. The Bertz CT molecular complexity index is 1750. The third-order valence-corrected chi connectivity index (χ3v) is 8.69. The maximum Gasteiger partial charge on any atom is 0.408 e. The highest BCUT2D eigenvalue weighted by Crippen LogP contribution is 2.37. The van der Waals surface area contributed by atoms with E-state index in [9.17, 15) is 24.3 Å². The lowest BCUT2D eigenvalue weighted by Crippen LogP contribution is -2.60. The lowest BCUT2D eigenvalue weighted by molar-refractivity contribution is -0.211. The number of rotatable bonds is 11. The van der Waals surface area contributed by atoms with E-state index in [1.807, 2.05) is 30.3 Å². The van der Waals surface area contributed by atoms with Crippen LogP contribution in [0.5, 0.6) is 0 Å². The van der Waals surface area contributed by atoms with E-state index >= 15 is 0 Å². The van der Waals surface area contributed by atoms with Crippen LogP contribution in [-0.2, 0) is 28.5 Å². The molecule has 0 spiro atoms. The minimum absolute atomic E-state index is 0.207. The molecular weight excluding hydrogens is 674 g/mol. The molecule has 6 atom stereocenters. The van der Waals surface area contributed by atoms with Crippen LogP contribution in [0.2, 0.25) is 0 Å². The molecule has 2 N–H and O–H groups in total. The first-order valence-corrected chi connectivity index (χ1v) is 17.1. The molecule has 0 saturated carbocycles. The van der Waals surface area contributed by atoms with E-state index in [0.717, 1.165) is 4.90 Å². The number of thioether (sulfide) groups is 1. The van der Waals surface area contributed by atoms with Gasteiger partial charge in [0.15, 0.2) is 18.2 Å². The number of hydrogen-bond donors (Lipinski definition) is 2. The third kappa shape index (κ3) is 10.4. The van der Waals surface area contributed by atoms with E-state index in [0.29, 0.717) is 5.56 Å². The fourth-order valence-corrected chi connectivity index (χ4v) is 6.27. The molecule has 1 aliphatic rings. The van der Waals surface area contributed by atoms with Crippen molar-refractivity contribution < 1.29 is 48.0 Å². The molecule has 0 aromatic heterocycles. The molecule has 1 heterocycles. The fraction of sp³-hybridized carbons (Fsp3) is 0.282. The molecule has 0 aliphatic carbocycles. The topological polar surface area (TPSA) is 147 Å². The van der Waals surface area contributed by atoms with Crippen LogP contribution in [-0.4, -0.2) is 71.2 Å². The van der Waals surface area contributed by atoms with E-state index in [1.165, 1.54) is 11.8 Å². The van der Waals surface area contributed by atoms with Crippen molar-refractivity contribution in [2.45, 2.75) is 67.2 Å². The van der Waals surface area contributed by atoms with Gasteiger partial charge in [0, 0.05) is 4.90 Å². The van der Waals surface area contributed by atoms with Crippen molar-refractivity contribution in [1.29, 1.82) is 0 Å². The van der Waals surface area contributed by atoms with Crippen molar-refractivity contribution in [3.05, 3.63) is 138 Å². The Morgan fingerprint density at radius 2 is 1.24 bits per heavy atom. The number of hydrogen-bond acceptors (Lipinski definition) is 11. The van der Waals surface area contributed by atoms with Gasteiger partial charge < -0.3 is 34.1 Å². The molecule has 1 unspecified atom stereocenters. The van der Waals surface area contributed by atoms with Gasteiger partial charge in [0.2, 0.25) is 0 Å². The number of nitrogens with one attached hydrogen (secondary N) is 1. The van der Waals surface area contributed by atoms with Crippen LogP contribution in [0.1, 0.15) is 53.1 Å². The molecule has 0 bridgehead atoms. The lowest BCUT2D eigenvalue weighted by Gasteiger charge is -2.43. The molecule has 4 aromatic rings. The summed E-state index contributed by atoms with van der Waals surface area (Å²) >= 11 is 1.18. The minimum Gasteiger partial charge on any atom is -0.461 e. The van der Waals surface area contributed by atoms with E-state index in [4.69, 9.17) is 23.7 Å². The standard InChI is InChI=1S/C39H39NO10S/c1-39(2,3)50-38(45)40-30(25-16-8-4-9-17-25)36(44)46-24-29-31(41)32(48-34(42)26-18-10-5-11-19-26)33(49-35(43)27-20-12-6-13-21-27)37(47-29)51-28-22-14-7-15-23-28/h4-23,29-33,37,41H,24H2,1-3H3,(H,40,45)/t29-,30?,31+,32+,33-,37+/m1/s1. The molecule has 4 aromatic carbocycles. The van der Waals surface area contributed by atoms with Gasteiger partial charge >= 0.3 is 24.0 Å². The number of aliphatic hydroxyl groups excluding tert-OH is 1. The van der Waals surface area contributed by atoms with Gasteiger partial charge in [-0.3, -0.25) is 0 Å². The Labute approximate surface area is 300 Å². The second-order valence-corrected chi connectivity index (χ2v) is 13.7. The zero-order valence-electron chi connectivity index (χ0n) is 28.2. The van der Waals surface area contributed by atoms with Gasteiger partial charge in [-0.25, -0.2) is 19.2 Å². The maximum atomic E-state index is 13.6. The molecule has 1 fully saturated rings. The Morgan fingerprint density at radius 3 is 1.76 bits per heavy atom. The van der Waals surface area contributed by atoms with E-state index in [2.05, 4.69) is 5.32 Å². The zero-order valence-corrected chi connectivity index (χ0v) is 29.1. The number of alkyl carbamates (subject to hydrolysis) is 1. The van der Waals surface area contributed by atoms with E-state index in [1.54, 1.807) is 112 Å². The monoisotopic (exact) mass is 713 g/mol. The molecule has 0 radical (unpaired) electrons. The highest BCUT2D eigenvalue weighted by Gasteiger charge is 2.51. The summed E-state index contributed by atoms with van der Waals surface area (Å²) in [6, 6.07) is 32.7. The molecular formula is C39H39NO10S. The number of ether oxygens (including phenoxy) is 5. The summed E-state index contributed by atoms with van der Waals surface area (Å²) in [5, 5.41) is 14.3. The summed E-state index contributed by atoms with van der Waals surface area (Å²) in [5.74, 6) is -2.35. The van der Waals surface area contributed by atoms with E-state index < -0.39 is 72.1 Å². The summed E-state index contributed by atoms with van der Waals surface area (Å²) < 4.78 is 29.2. The Morgan fingerprint density at radius 1 is 0.745 bits per heavy atom. The van der Waals surface area contributed by atoms with Gasteiger partial charge in [-0.2, -0.15) is 0 Å². The first kappa shape index (κ1) is 37.1. The summed E-state index contributed by atoms with van der Waals surface area (Å²) in [6.07, 6.45) is -6.47. The second kappa shape index (κ2) is 17.2. The van der Waals surface area contributed by atoms with Crippen molar-refractivity contribution in [3.8, 4) is 0 Å². The zero-order chi connectivity index (χ0) is 36.4. The largest absolute Gasteiger partial charge is 0.461 e. The van der Waals surface area contributed by atoms with E-state index in [-0.39, 0.29) is 11.1 Å². The van der Waals surface area contributed by atoms with Gasteiger partial charge in [-0.05, 0) is 62.7 Å². The Hall–Kier alpha value is -5.17. The summed E-state index contributed by atoms with van der Waals surface area (Å²) in [7, 11) is 0. The fourth-order valence-electron chi connectivity index (χ4n) is 5.14. The SMILES string of the molecule is CC(C)(C)OC(=O)NC(C(=O)OC[C@H]1O[C@@H](Sc2ccccc2)[C@H](OC(=O)c2ccccc2)[C@@H](OC(=O)c2ccccc2)[C@H]1O)c1ccccc1. The van der Waals surface area contributed by atoms with Crippen molar-refractivity contribution in [2.24, 2.45) is 0 Å². The van der Waals surface area contributed by atoms with Gasteiger partial charge in [0.1, 0.15) is 29.9 Å². The first-order valence-electron chi connectivity index (χ1n) is 16.3. The number of esters is 3. The molecule has 5 rings (SSSR count). The summed E-state index contributed by atoms with van der Waals surface area (Å²) in [5.41, 5.74) is -0.986. The number of benzene rings is 4. The normalized spacial score (nSPS) is 20.7. The van der Waals surface area contributed by atoms with Crippen LogP contribution in [0.25, 0.3) is 0 Å². The maximum absolute atomic E-state index is 13.6.